The predicted molar refractivity (Wildman–Crippen MR) is 102 cm³/mol. The Morgan fingerprint density at radius 3 is 2.57 bits per heavy atom. The third-order valence-electron chi connectivity index (χ3n) is 6.89. The van der Waals surface area contributed by atoms with Crippen LogP contribution in [-0.4, -0.2) is 43.0 Å². The zero-order valence-electron chi connectivity index (χ0n) is 16.3. The minimum absolute atomic E-state index is 0.0572. The summed E-state index contributed by atoms with van der Waals surface area (Å²) in [7, 11) is 1.81. The largest absolute Gasteiger partial charge is 0.351 e. The van der Waals surface area contributed by atoms with Crippen molar-refractivity contribution in [2.75, 3.05) is 0 Å². The van der Waals surface area contributed by atoms with E-state index in [0.717, 1.165) is 32.1 Å². The van der Waals surface area contributed by atoms with Gasteiger partial charge in [0.15, 0.2) is 5.82 Å². The van der Waals surface area contributed by atoms with Gasteiger partial charge in [0.25, 0.3) is 5.91 Å². The zero-order valence-corrected chi connectivity index (χ0v) is 16.3. The number of rotatable bonds is 4. The van der Waals surface area contributed by atoms with Crippen molar-refractivity contribution in [1.29, 1.82) is 0 Å². The Kier molecular flexibility index (Phi) is 3.86. The average Bonchev–Trinajstić information content (AvgIpc) is 3.25. The van der Waals surface area contributed by atoms with Gasteiger partial charge in [-0.2, -0.15) is 10.2 Å². The lowest BCUT2D eigenvalue weighted by atomic mass is 9.51. The number of hydrogen-bond acceptors (Lipinski definition) is 4. The maximum Gasteiger partial charge on any atom is 0.256 e. The van der Waals surface area contributed by atoms with Crippen LogP contribution < -0.4 is 10.6 Å². The molecule has 2 aromatic heterocycles. The van der Waals surface area contributed by atoms with Crippen molar-refractivity contribution in [3.63, 3.8) is 0 Å². The molecule has 0 spiro atoms. The highest BCUT2D eigenvalue weighted by Gasteiger charge is 2.56. The average molecular weight is 382 g/mol. The SMILES string of the molecule is CC(=O)NC12CC3C[C@@H](C1)C(NC(=O)c1cnn(C)c1-n1cccn1)[C@@H](C3)C2. The molecule has 28 heavy (non-hydrogen) atoms. The van der Waals surface area contributed by atoms with E-state index in [2.05, 4.69) is 20.8 Å². The summed E-state index contributed by atoms with van der Waals surface area (Å²) in [5.74, 6) is 2.14. The van der Waals surface area contributed by atoms with Gasteiger partial charge in [0, 0.05) is 37.9 Å². The summed E-state index contributed by atoms with van der Waals surface area (Å²) in [6.45, 7) is 1.61. The molecule has 2 aromatic rings. The molecule has 0 aromatic carbocycles. The molecule has 6 rings (SSSR count). The minimum atomic E-state index is -0.0929. The fourth-order valence-electron chi connectivity index (χ4n) is 6.27. The summed E-state index contributed by atoms with van der Waals surface area (Å²) in [6, 6.07) is 1.99. The van der Waals surface area contributed by atoms with Gasteiger partial charge >= 0.3 is 0 Å². The molecule has 2 amide bonds. The molecule has 0 unspecified atom stereocenters. The second-order valence-electron chi connectivity index (χ2n) is 8.89. The number of hydrogen-bond donors (Lipinski definition) is 2. The van der Waals surface area contributed by atoms with Crippen LogP contribution in [0.25, 0.3) is 5.82 Å². The summed E-state index contributed by atoms with van der Waals surface area (Å²) in [6.07, 6.45) is 10.4. The first-order valence-corrected chi connectivity index (χ1v) is 10.1. The Bertz CT molecular complexity index is 901. The van der Waals surface area contributed by atoms with Crippen molar-refractivity contribution in [2.45, 2.75) is 50.6 Å². The van der Waals surface area contributed by atoms with E-state index in [-0.39, 0.29) is 23.4 Å². The molecular weight excluding hydrogens is 356 g/mol. The Hall–Kier alpha value is -2.64. The first-order chi connectivity index (χ1) is 13.4. The molecule has 0 radical (unpaired) electrons. The van der Waals surface area contributed by atoms with Crippen LogP contribution in [0.4, 0.5) is 0 Å². The molecule has 4 bridgehead atoms. The van der Waals surface area contributed by atoms with Gasteiger partial charge in [0.05, 0.1) is 6.20 Å². The second-order valence-corrected chi connectivity index (χ2v) is 8.89. The number of nitrogens with zero attached hydrogens (tertiary/aromatic N) is 4. The summed E-state index contributed by atoms with van der Waals surface area (Å²) in [5.41, 5.74) is 0.481. The molecule has 8 nitrogen and oxygen atoms in total. The van der Waals surface area contributed by atoms with E-state index in [1.807, 2.05) is 19.3 Å². The molecule has 4 fully saturated rings. The third-order valence-corrected chi connectivity index (χ3v) is 6.89. The van der Waals surface area contributed by atoms with Gasteiger partial charge in [-0.25, -0.2) is 4.68 Å². The summed E-state index contributed by atoms with van der Waals surface area (Å²) >= 11 is 0. The van der Waals surface area contributed by atoms with Gasteiger partial charge in [0.2, 0.25) is 5.91 Å². The predicted octanol–water partition coefficient (Wildman–Crippen LogP) is 1.42. The van der Waals surface area contributed by atoms with E-state index < -0.39 is 0 Å². The summed E-state index contributed by atoms with van der Waals surface area (Å²) in [4.78, 5) is 24.9. The molecule has 2 N–H and O–H groups in total. The van der Waals surface area contributed by atoms with Crippen molar-refractivity contribution in [1.82, 2.24) is 30.2 Å². The minimum Gasteiger partial charge on any atom is -0.351 e. The number of aromatic nitrogens is 4. The molecular formula is C20H26N6O2. The third kappa shape index (κ3) is 2.73. The first kappa shape index (κ1) is 17.5. The highest BCUT2D eigenvalue weighted by atomic mass is 16.2. The maximum absolute atomic E-state index is 13.1. The van der Waals surface area contributed by atoms with Crippen LogP contribution in [0.1, 0.15) is 49.4 Å². The van der Waals surface area contributed by atoms with E-state index in [1.54, 1.807) is 28.7 Å². The van der Waals surface area contributed by atoms with E-state index in [1.165, 1.54) is 0 Å². The van der Waals surface area contributed by atoms with E-state index in [9.17, 15) is 9.59 Å². The van der Waals surface area contributed by atoms with Crippen LogP contribution in [0, 0.1) is 17.8 Å². The normalized spacial score (nSPS) is 33.1. The van der Waals surface area contributed by atoms with E-state index in [0.29, 0.717) is 29.1 Å². The molecule has 0 aliphatic heterocycles. The van der Waals surface area contributed by atoms with Crippen LogP contribution >= 0.6 is 0 Å². The smallest absolute Gasteiger partial charge is 0.256 e. The number of carbonyl (C=O) groups is 2. The van der Waals surface area contributed by atoms with Crippen LogP contribution in [-0.2, 0) is 11.8 Å². The number of amides is 2. The highest BCUT2D eigenvalue weighted by Crippen LogP contribution is 2.55. The fourth-order valence-corrected chi connectivity index (χ4v) is 6.27. The Labute approximate surface area is 163 Å². The Balaban J connectivity index is 1.37. The zero-order chi connectivity index (χ0) is 19.5. The van der Waals surface area contributed by atoms with Crippen LogP contribution in [0.2, 0.25) is 0 Å². The van der Waals surface area contributed by atoms with Gasteiger partial charge in [-0.3, -0.25) is 14.3 Å². The van der Waals surface area contributed by atoms with Gasteiger partial charge in [-0.05, 0) is 55.9 Å². The lowest BCUT2D eigenvalue weighted by Gasteiger charge is -2.60. The van der Waals surface area contributed by atoms with Crippen LogP contribution in [0.3, 0.4) is 0 Å². The number of carbonyl (C=O) groups excluding carboxylic acids is 2. The van der Waals surface area contributed by atoms with Crippen molar-refractivity contribution in [3.8, 4) is 5.82 Å². The Morgan fingerprint density at radius 1 is 1.18 bits per heavy atom. The van der Waals surface area contributed by atoms with Crippen LogP contribution in [0.15, 0.2) is 24.7 Å². The summed E-state index contributed by atoms with van der Waals surface area (Å²) < 4.78 is 3.34. The standard InChI is InChI=1S/C20H26N6O2/c1-12(27)24-20-8-13-6-14(9-20)17(15(7-13)10-20)23-18(28)16-11-22-25(2)19(16)26-5-3-4-21-26/h3-5,11,13-15,17H,6-10H2,1-2H3,(H,23,28)(H,24,27)/t13?,14-,15-,17?,20?/m0/s1. The molecule has 2 atom stereocenters. The molecule has 4 aliphatic carbocycles. The van der Waals surface area contributed by atoms with Crippen molar-refractivity contribution >= 4 is 11.8 Å². The lowest BCUT2D eigenvalue weighted by Crippen LogP contribution is -2.66. The van der Waals surface area contributed by atoms with E-state index in [4.69, 9.17) is 0 Å². The number of aryl methyl sites for hydroxylation is 1. The number of nitrogens with one attached hydrogen (secondary N) is 2. The summed E-state index contributed by atoms with van der Waals surface area (Å²) in [5, 5.41) is 15.1. The van der Waals surface area contributed by atoms with Gasteiger partial charge < -0.3 is 10.6 Å². The molecule has 4 saturated carbocycles. The van der Waals surface area contributed by atoms with Gasteiger partial charge in [-0.1, -0.05) is 0 Å². The molecule has 148 valence electrons. The highest BCUT2D eigenvalue weighted by molar-refractivity contribution is 5.97. The quantitative estimate of drug-likeness (QED) is 0.836. The monoisotopic (exact) mass is 382 g/mol. The lowest BCUT2D eigenvalue weighted by molar-refractivity contribution is -0.125. The topological polar surface area (TPSA) is 93.8 Å². The molecule has 4 aliphatic rings. The van der Waals surface area contributed by atoms with Crippen LogP contribution in [0.5, 0.6) is 0 Å². The second kappa shape index (κ2) is 6.18. The van der Waals surface area contributed by atoms with Crippen molar-refractivity contribution in [3.05, 3.63) is 30.2 Å². The van der Waals surface area contributed by atoms with Crippen molar-refractivity contribution < 1.29 is 9.59 Å². The molecule has 0 saturated heterocycles. The van der Waals surface area contributed by atoms with E-state index >= 15 is 0 Å². The van der Waals surface area contributed by atoms with Crippen molar-refractivity contribution in [2.24, 2.45) is 24.8 Å². The fraction of sp³-hybridized carbons (Fsp3) is 0.600. The van der Waals surface area contributed by atoms with Gasteiger partial charge in [0.1, 0.15) is 5.56 Å². The maximum atomic E-state index is 13.1. The molecule has 8 heteroatoms. The van der Waals surface area contributed by atoms with Gasteiger partial charge in [-0.15, -0.1) is 0 Å². The Morgan fingerprint density at radius 2 is 1.93 bits per heavy atom. The molecule has 2 heterocycles. The first-order valence-electron chi connectivity index (χ1n) is 10.1.